The molecule has 0 amide bonds. The van der Waals surface area contributed by atoms with Crippen molar-refractivity contribution in [3.8, 4) is 0 Å². The minimum atomic E-state index is -0.300. The smallest absolute Gasteiger partial charge is 0.307 e. The van der Waals surface area contributed by atoms with Gasteiger partial charge in [-0.05, 0) is 6.08 Å². The van der Waals surface area contributed by atoms with Gasteiger partial charge in [-0.3, -0.25) is 4.79 Å². The molecular formula is C6H8Br2O2. The minimum Gasteiger partial charge on any atom is -0.435 e. The van der Waals surface area contributed by atoms with Crippen LogP contribution in [0.2, 0.25) is 0 Å². The van der Waals surface area contributed by atoms with Crippen molar-refractivity contribution in [3.63, 3.8) is 0 Å². The van der Waals surface area contributed by atoms with E-state index in [1.807, 2.05) is 0 Å². The summed E-state index contributed by atoms with van der Waals surface area (Å²) >= 11 is 6.55. The topological polar surface area (TPSA) is 26.3 Å². The fourth-order valence-electron chi connectivity index (χ4n) is 0.272. The van der Waals surface area contributed by atoms with Gasteiger partial charge >= 0.3 is 5.97 Å². The third-order valence-electron chi connectivity index (χ3n) is 0.669. The first-order chi connectivity index (χ1) is 4.66. The third kappa shape index (κ3) is 6.29. The van der Waals surface area contributed by atoms with Crippen LogP contribution in [0.4, 0.5) is 0 Å². The molecule has 0 aliphatic rings. The highest BCUT2D eigenvalue weighted by Gasteiger charge is 1.93. The molecule has 2 nitrogen and oxygen atoms in total. The average Bonchev–Trinajstić information content (AvgIpc) is 1.87. The molecule has 0 bridgehead atoms. The molecule has 10 heavy (non-hydrogen) atoms. The maximum atomic E-state index is 10.2. The van der Waals surface area contributed by atoms with E-state index in [-0.39, 0.29) is 10.8 Å². The number of ether oxygens (including phenoxy) is 1. The molecule has 0 fully saturated rings. The number of alkyl halides is 2. The molecule has 0 saturated carbocycles. The van der Waals surface area contributed by atoms with Crippen molar-refractivity contribution >= 4 is 37.8 Å². The number of hydrogen-bond donors (Lipinski definition) is 0. The summed E-state index contributed by atoms with van der Waals surface area (Å²) in [7, 11) is 0. The Morgan fingerprint density at radius 3 is 2.80 bits per heavy atom. The van der Waals surface area contributed by atoms with Gasteiger partial charge in [0.05, 0.1) is 6.26 Å². The van der Waals surface area contributed by atoms with Crippen molar-refractivity contribution in [3.05, 3.63) is 12.3 Å². The van der Waals surface area contributed by atoms with E-state index in [9.17, 15) is 4.79 Å². The Labute approximate surface area is 76.9 Å². The highest BCUT2D eigenvalue weighted by molar-refractivity contribution is 9.12. The lowest BCUT2D eigenvalue weighted by atomic mass is 10.5. The van der Waals surface area contributed by atoms with Crippen molar-refractivity contribution in [2.24, 2.45) is 0 Å². The molecule has 0 N–H and O–H groups in total. The molecule has 0 aliphatic heterocycles. The standard InChI is InChI=1S/C6H8Br2O2/c1-5(9)10-3-2-6(8)4-7/h2-3,6H,4H2,1H3. The predicted molar refractivity (Wildman–Crippen MR) is 47.4 cm³/mol. The Morgan fingerprint density at radius 1 is 1.80 bits per heavy atom. The summed E-state index contributed by atoms with van der Waals surface area (Å²) in [5.41, 5.74) is 0. The second-order valence-electron chi connectivity index (χ2n) is 1.61. The number of halogens is 2. The van der Waals surface area contributed by atoms with E-state index >= 15 is 0 Å². The predicted octanol–water partition coefficient (Wildman–Crippen LogP) is 2.22. The summed E-state index contributed by atoms with van der Waals surface area (Å²) < 4.78 is 4.54. The second kappa shape index (κ2) is 5.92. The molecule has 1 unspecified atom stereocenters. The molecule has 4 heteroatoms. The summed E-state index contributed by atoms with van der Waals surface area (Å²) in [4.78, 5) is 10.4. The van der Waals surface area contributed by atoms with Gasteiger partial charge < -0.3 is 4.74 Å². The van der Waals surface area contributed by atoms with Crippen LogP contribution < -0.4 is 0 Å². The number of carbonyl (C=O) groups excluding carboxylic acids is 1. The van der Waals surface area contributed by atoms with Gasteiger partial charge in [0.1, 0.15) is 0 Å². The van der Waals surface area contributed by atoms with E-state index in [0.29, 0.717) is 0 Å². The van der Waals surface area contributed by atoms with Crippen LogP contribution in [0.3, 0.4) is 0 Å². The van der Waals surface area contributed by atoms with Crippen LogP contribution in [0, 0.1) is 0 Å². The Kier molecular flexibility index (Phi) is 6.02. The van der Waals surface area contributed by atoms with Gasteiger partial charge in [-0.2, -0.15) is 0 Å². The van der Waals surface area contributed by atoms with Gasteiger partial charge in [0, 0.05) is 17.1 Å². The van der Waals surface area contributed by atoms with Gasteiger partial charge in [-0.1, -0.05) is 31.9 Å². The Bertz CT molecular complexity index is 134. The minimum absolute atomic E-state index is 0.215. The van der Waals surface area contributed by atoms with Gasteiger partial charge in [0.2, 0.25) is 0 Å². The zero-order valence-electron chi connectivity index (χ0n) is 5.51. The molecule has 0 aliphatic carbocycles. The quantitative estimate of drug-likeness (QED) is 0.447. The maximum absolute atomic E-state index is 10.2. The lowest BCUT2D eigenvalue weighted by molar-refractivity contribution is -0.135. The van der Waals surface area contributed by atoms with E-state index in [1.54, 1.807) is 6.08 Å². The molecule has 0 aromatic heterocycles. The van der Waals surface area contributed by atoms with Crippen molar-refractivity contribution in [1.29, 1.82) is 0 Å². The normalized spacial score (nSPS) is 13.5. The fraction of sp³-hybridized carbons (Fsp3) is 0.500. The van der Waals surface area contributed by atoms with E-state index in [1.165, 1.54) is 13.2 Å². The fourth-order valence-corrected chi connectivity index (χ4v) is 0.612. The second-order valence-corrected chi connectivity index (χ2v) is 3.43. The van der Waals surface area contributed by atoms with Crippen LogP contribution in [0.25, 0.3) is 0 Å². The molecular weight excluding hydrogens is 264 g/mol. The monoisotopic (exact) mass is 270 g/mol. The molecule has 0 heterocycles. The van der Waals surface area contributed by atoms with Crippen LogP contribution in [-0.4, -0.2) is 16.1 Å². The highest BCUT2D eigenvalue weighted by Crippen LogP contribution is 2.04. The molecule has 0 saturated heterocycles. The van der Waals surface area contributed by atoms with E-state index in [2.05, 4.69) is 36.6 Å². The third-order valence-corrected chi connectivity index (χ3v) is 2.86. The van der Waals surface area contributed by atoms with Crippen LogP contribution in [0.5, 0.6) is 0 Å². The Hall–Kier alpha value is 0.170. The SMILES string of the molecule is CC(=O)OC=CC(Br)CBr. The van der Waals surface area contributed by atoms with Crippen LogP contribution >= 0.6 is 31.9 Å². The number of rotatable bonds is 3. The summed E-state index contributed by atoms with van der Waals surface area (Å²) in [5.74, 6) is -0.300. The van der Waals surface area contributed by atoms with Crippen LogP contribution in [-0.2, 0) is 9.53 Å². The van der Waals surface area contributed by atoms with Gasteiger partial charge in [0.25, 0.3) is 0 Å². The van der Waals surface area contributed by atoms with Gasteiger partial charge in [-0.15, -0.1) is 0 Å². The van der Waals surface area contributed by atoms with Crippen molar-refractivity contribution in [2.45, 2.75) is 11.8 Å². The number of hydrogen-bond acceptors (Lipinski definition) is 2. The zero-order valence-corrected chi connectivity index (χ0v) is 8.68. The maximum Gasteiger partial charge on any atom is 0.307 e. The Morgan fingerprint density at radius 2 is 2.40 bits per heavy atom. The summed E-state index contributed by atoms with van der Waals surface area (Å²) in [5, 5.41) is 0.796. The molecule has 0 radical (unpaired) electrons. The Balaban J connectivity index is 3.45. The highest BCUT2D eigenvalue weighted by atomic mass is 79.9. The molecule has 0 aromatic rings. The largest absolute Gasteiger partial charge is 0.435 e. The molecule has 58 valence electrons. The van der Waals surface area contributed by atoms with Crippen molar-refractivity contribution in [1.82, 2.24) is 0 Å². The summed E-state index contributed by atoms with van der Waals surface area (Å²) in [6.45, 7) is 1.36. The first kappa shape index (κ1) is 10.2. The molecule has 0 rings (SSSR count). The lowest BCUT2D eigenvalue weighted by Gasteiger charge is -1.95. The molecule has 0 aromatic carbocycles. The van der Waals surface area contributed by atoms with E-state index in [0.717, 1.165) is 5.33 Å². The molecule has 0 spiro atoms. The van der Waals surface area contributed by atoms with Crippen molar-refractivity contribution in [2.75, 3.05) is 5.33 Å². The summed E-state index contributed by atoms with van der Waals surface area (Å²) in [6, 6.07) is 0. The molecule has 1 atom stereocenters. The van der Waals surface area contributed by atoms with Gasteiger partial charge in [0.15, 0.2) is 0 Å². The number of carbonyl (C=O) groups is 1. The van der Waals surface area contributed by atoms with Gasteiger partial charge in [-0.25, -0.2) is 0 Å². The van der Waals surface area contributed by atoms with Crippen LogP contribution in [0.15, 0.2) is 12.3 Å². The van der Waals surface area contributed by atoms with Crippen molar-refractivity contribution < 1.29 is 9.53 Å². The average molecular weight is 272 g/mol. The number of allylic oxidation sites excluding steroid dienone is 1. The zero-order chi connectivity index (χ0) is 7.98. The van der Waals surface area contributed by atoms with E-state index in [4.69, 9.17) is 0 Å². The number of esters is 1. The first-order valence-electron chi connectivity index (χ1n) is 2.70. The van der Waals surface area contributed by atoms with E-state index < -0.39 is 0 Å². The van der Waals surface area contributed by atoms with Crippen LogP contribution in [0.1, 0.15) is 6.92 Å². The first-order valence-corrected chi connectivity index (χ1v) is 4.74. The summed E-state index contributed by atoms with van der Waals surface area (Å²) in [6.07, 6.45) is 3.12. The lowest BCUT2D eigenvalue weighted by Crippen LogP contribution is -1.95.